The fourth-order valence-corrected chi connectivity index (χ4v) is 1.07. The fraction of sp³-hybridized carbons (Fsp3) is 0.200. The number of nitrogens with two attached hydrogens (primary N) is 1. The molecule has 0 atom stereocenters. The van der Waals surface area contributed by atoms with E-state index in [1.165, 1.54) is 12.4 Å². The number of nitrogens with one attached hydrogen (secondary N) is 1. The summed E-state index contributed by atoms with van der Waals surface area (Å²) in [5.41, 5.74) is 8.11. The third-order valence-electron chi connectivity index (χ3n) is 1.87. The average molecular weight is 175 g/mol. The van der Waals surface area contributed by atoms with Crippen LogP contribution in [0, 0.1) is 5.41 Å². The molecule has 1 aromatic rings. The van der Waals surface area contributed by atoms with Gasteiger partial charge in [0, 0.05) is 35.9 Å². The molecule has 0 aliphatic rings. The summed E-state index contributed by atoms with van der Waals surface area (Å²) in [6, 6.07) is 2.00. The van der Waals surface area contributed by atoms with Gasteiger partial charge in [-0.1, -0.05) is 6.92 Å². The fourth-order valence-electron chi connectivity index (χ4n) is 1.07. The monoisotopic (exact) mass is 175 g/mol. The van der Waals surface area contributed by atoms with Gasteiger partial charge in [-0.25, -0.2) is 0 Å². The molecule has 3 heteroatoms. The van der Waals surface area contributed by atoms with Crippen LogP contribution in [0.5, 0.6) is 0 Å². The Balaban J connectivity index is 3.07. The first kappa shape index (κ1) is 9.45. The molecular weight excluding hydrogens is 162 g/mol. The highest BCUT2D eigenvalue weighted by atomic mass is 14.6. The number of hydrogen-bond acceptors (Lipinski definition) is 3. The number of pyridine rings is 1. The van der Waals surface area contributed by atoms with Crippen LogP contribution in [0.4, 0.5) is 0 Å². The summed E-state index contributed by atoms with van der Waals surface area (Å²) >= 11 is 0. The van der Waals surface area contributed by atoms with Gasteiger partial charge in [0.25, 0.3) is 0 Å². The molecule has 1 aromatic heterocycles. The summed E-state index contributed by atoms with van der Waals surface area (Å²) in [4.78, 5) is 4.07. The summed E-state index contributed by atoms with van der Waals surface area (Å²) < 4.78 is 0. The summed E-state index contributed by atoms with van der Waals surface area (Å²) in [6.07, 6.45) is 7.13. The molecule has 0 aromatic carbocycles. The number of hydrogen-bond donors (Lipinski definition) is 2. The first-order valence-corrected chi connectivity index (χ1v) is 4.18. The third kappa shape index (κ3) is 2.15. The maximum Gasteiger partial charge on any atom is 0.0347 e. The maximum atomic E-state index is 7.12. The standard InChI is InChI=1S/C10H13N3/c1-2-8-3-9(7-13-6-8)10(4-11)5-12/h3-7,11H,2,12H2,1H3/b10-5+,11-4?. The van der Waals surface area contributed by atoms with Crippen molar-refractivity contribution in [3.8, 4) is 0 Å². The zero-order chi connectivity index (χ0) is 9.68. The van der Waals surface area contributed by atoms with Gasteiger partial charge >= 0.3 is 0 Å². The molecule has 3 nitrogen and oxygen atoms in total. The van der Waals surface area contributed by atoms with Crippen LogP contribution in [-0.2, 0) is 6.42 Å². The van der Waals surface area contributed by atoms with E-state index in [0.29, 0.717) is 5.57 Å². The van der Waals surface area contributed by atoms with E-state index >= 15 is 0 Å². The first-order chi connectivity index (χ1) is 6.31. The lowest BCUT2D eigenvalue weighted by Crippen LogP contribution is -1.93. The van der Waals surface area contributed by atoms with E-state index in [9.17, 15) is 0 Å². The molecule has 0 radical (unpaired) electrons. The summed E-state index contributed by atoms with van der Waals surface area (Å²) in [5, 5.41) is 7.12. The molecule has 0 saturated heterocycles. The Labute approximate surface area is 77.8 Å². The van der Waals surface area contributed by atoms with Crippen LogP contribution in [0.15, 0.2) is 24.7 Å². The molecule has 0 aliphatic heterocycles. The highest BCUT2D eigenvalue weighted by Gasteiger charge is 1.98. The Morgan fingerprint density at radius 1 is 1.62 bits per heavy atom. The van der Waals surface area contributed by atoms with E-state index < -0.39 is 0 Å². The van der Waals surface area contributed by atoms with Crippen molar-refractivity contribution in [1.29, 1.82) is 5.41 Å². The molecule has 0 saturated carbocycles. The van der Waals surface area contributed by atoms with Gasteiger partial charge in [0.2, 0.25) is 0 Å². The minimum absolute atomic E-state index is 0.697. The van der Waals surface area contributed by atoms with Crippen molar-refractivity contribution in [2.75, 3.05) is 0 Å². The molecule has 1 rings (SSSR count). The van der Waals surface area contributed by atoms with E-state index in [1.807, 2.05) is 12.3 Å². The van der Waals surface area contributed by atoms with Crippen LogP contribution in [0.1, 0.15) is 18.1 Å². The van der Waals surface area contributed by atoms with Gasteiger partial charge in [-0.15, -0.1) is 0 Å². The smallest absolute Gasteiger partial charge is 0.0347 e. The minimum Gasteiger partial charge on any atom is -0.404 e. The predicted octanol–water partition coefficient (Wildman–Crippen LogP) is 1.59. The van der Waals surface area contributed by atoms with E-state index in [1.54, 1.807) is 6.20 Å². The van der Waals surface area contributed by atoms with E-state index in [-0.39, 0.29) is 0 Å². The molecule has 0 spiro atoms. The molecule has 68 valence electrons. The van der Waals surface area contributed by atoms with Gasteiger partial charge in [-0.05, 0) is 18.1 Å². The molecule has 1 heterocycles. The van der Waals surface area contributed by atoms with E-state index in [4.69, 9.17) is 11.1 Å². The lowest BCUT2D eigenvalue weighted by molar-refractivity contribution is 1.10. The zero-order valence-electron chi connectivity index (χ0n) is 7.62. The number of aryl methyl sites for hydroxylation is 1. The second-order valence-corrected chi connectivity index (χ2v) is 2.70. The van der Waals surface area contributed by atoms with Crippen molar-refractivity contribution in [2.24, 2.45) is 5.73 Å². The van der Waals surface area contributed by atoms with Crippen LogP contribution in [-0.4, -0.2) is 11.2 Å². The second-order valence-electron chi connectivity index (χ2n) is 2.70. The molecule has 0 bridgehead atoms. The van der Waals surface area contributed by atoms with Gasteiger partial charge in [0.1, 0.15) is 0 Å². The minimum atomic E-state index is 0.697. The summed E-state index contributed by atoms with van der Waals surface area (Å²) in [5.74, 6) is 0. The molecule has 0 fully saturated rings. The van der Waals surface area contributed by atoms with Crippen molar-refractivity contribution in [3.05, 3.63) is 35.8 Å². The van der Waals surface area contributed by atoms with Crippen LogP contribution in [0.2, 0.25) is 0 Å². The highest BCUT2D eigenvalue weighted by molar-refractivity contribution is 6.07. The van der Waals surface area contributed by atoms with Gasteiger partial charge in [-0.3, -0.25) is 4.98 Å². The number of rotatable bonds is 3. The predicted molar refractivity (Wildman–Crippen MR) is 54.6 cm³/mol. The van der Waals surface area contributed by atoms with Crippen LogP contribution in [0.25, 0.3) is 5.57 Å². The first-order valence-electron chi connectivity index (χ1n) is 4.18. The van der Waals surface area contributed by atoms with Gasteiger partial charge in [0.05, 0.1) is 0 Å². The number of nitrogens with zero attached hydrogens (tertiary/aromatic N) is 1. The highest BCUT2D eigenvalue weighted by Crippen LogP contribution is 2.11. The second kappa shape index (κ2) is 4.40. The van der Waals surface area contributed by atoms with Crippen LogP contribution < -0.4 is 5.73 Å². The number of aromatic nitrogens is 1. The number of allylic oxidation sites excluding steroid dienone is 1. The van der Waals surface area contributed by atoms with E-state index in [2.05, 4.69) is 11.9 Å². The van der Waals surface area contributed by atoms with Crippen molar-refractivity contribution in [3.63, 3.8) is 0 Å². The van der Waals surface area contributed by atoms with Crippen LogP contribution in [0.3, 0.4) is 0 Å². The van der Waals surface area contributed by atoms with Crippen molar-refractivity contribution in [2.45, 2.75) is 13.3 Å². The van der Waals surface area contributed by atoms with E-state index in [0.717, 1.165) is 17.5 Å². The molecule has 0 amide bonds. The Morgan fingerprint density at radius 2 is 2.38 bits per heavy atom. The molecular formula is C10H13N3. The summed E-state index contributed by atoms with van der Waals surface area (Å²) in [6.45, 7) is 2.07. The zero-order valence-corrected chi connectivity index (χ0v) is 7.62. The topological polar surface area (TPSA) is 62.8 Å². The van der Waals surface area contributed by atoms with Crippen molar-refractivity contribution >= 4 is 11.8 Å². The molecule has 13 heavy (non-hydrogen) atoms. The normalized spacial score (nSPS) is 11.3. The van der Waals surface area contributed by atoms with Gasteiger partial charge in [-0.2, -0.15) is 0 Å². The molecule has 0 aliphatic carbocycles. The quantitative estimate of drug-likeness (QED) is 0.685. The average Bonchev–Trinajstić information content (AvgIpc) is 2.20. The Kier molecular flexibility index (Phi) is 3.20. The SMILES string of the molecule is CCc1cncc(/C(C=N)=C/N)c1. The van der Waals surface area contributed by atoms with Crippen LogP contribution >= 0.6 is 0 Å². The Hall–Kier alpha value is -1.64. The lowest BCUT2D eigenvalue weighted by atomic mass is 10.1. The largest absolute Gasteiger partial charge is 0.404 e. The van der Waals surface area contributed by atoms with Crippen molar-refractivity contribution in [1.82, 2.24) is 4.98 Å². The third-order valence-corrected chi connectivity index (χ3v) is 1.87. The van der Waals surface area contributed by atoms with Crippen molar-refractivity contribution < 1.29 is 0 Å². The Morgan fingerprint density at radius 3 is 2.92 bits per heavy atom. The Bertz CT molecular complexity index is 329. The molecule has 3 N–H and O–H groups in total. The van der Waals surface area contributed by atoms with Gasteiger partial charge < -0.3 is 11.1 Å². The maximum absolute atomic E-state index is 7.12. The lowest BCUT2D eigenvalue weighted by Gasteiger charge is -2.01. The van der Waals surface area contributed by atoms with Gasteiger partial charge in [0.15, 0.2) is 0 Å². The molecule has 0 unspecified atom stereocenters. The summed E-state index contributed by atoms with van der Waals surface area (Å²) in [7, 11) is 0.